The van der Waals surface area contributed by atoms with Crippen molar-refractivity contribution in [1.29, 1.82) is 0 Å². The van der Waals surface area contributed by atoms with E-state index >= 15 is 0 Å². The number of sulfone groups is 1. The Morgan fingerprint density at radius 2 is 2.20 bits per heavy atom. The average Bonchev–Trinajstić information content (AvgIpc) is 2.10. The van der Waals surface area contributed by atoms with E-state index in [1.165, 1.54) is 6.33 Å². The topological polar surface area (TPSA) is 98.0 Å². The van der Waals surface area contributed by atoms with E-state index in [1.54, 1.807) is 0 Å². The third kappa shape index (κ3) is 3.88. The summed E-state index contributed by atoms with van der Waals surface area (Å²) in [5.41, 5.74) is 5.44. The second-order valence-corrected chi connectivity index (χ2v) is 5.62. The normalized spacial score (nSPS) is 11.3. The number of anilines is 2. The van der Waals surface area contributed by atoms with E-state index in [4.69, 9.17) is 17.3 Å². The van der Waals surface area contributed by atoms with Crippen LogP contribution < -0.4 is 11.1 Å². The van der Waals surface area contributed by atoms with Crippen LogP contribution in [0.15, 0.2) is 6.33 Å². The van der Waals surface area contributed by atoms with Gasteiger partial charge in [-0.05, 0) is 0 Å². The lowest BCUT2D eigenvalue weighted by atomic mass is 10.5. The van der Waals surface area contributed by atoms with Crippen LogP contribution in [0.1, 0.15) is 0 Å². The number of nitrogens with two attached hydrogens (primary N) is 1. The van der Waals surface area contributed by atoms with Crippen molar-refractivity contribution >= 4 is 33.1 Å². The van der Waals surface area contributed by atoms with Gasteiger partial charge in [-0.25, -0.2) is 18.4 Å². The standard InChI is InChI=1S/C7H11ClN4O2S/c1-15(13,14)3-2-10-7-5(8)6(9)11-4-12-7/h4H,2-3H2,1H3,(H3,9,10,11,12). The summed E-state index contributed by atoms with van der Waals surface area (Å²) in [6, 6.07) is 0. The third-order valence-corrected chi connectivity index (χ3v) is 2.90. The highest BCUT2D eigenvalue weighted by Gasteiger charge is 2.07. The maximum absolute atomic E-state index is 10.8. The first-order valence-electron chi connectivity index (χ1n) is 4.08. The monoisotopic (exact) mass is 250 g/mol. The fourth-order valence-corrected chi connectivity index (χ4v) is 1.50. The van der Waals surface area contributed by atoms with Gasteiger partial charge in [-0.2, -0.15) is 0 Å². The Kier molecular flexibility index (Phi) is 3.70. The maximum atomic E-state index is 10.8. The van der Waals surface area contributed by atoms with Crippen molar-refractivity contribution < 1.29 is 8.42 Å². The maximum Gasteiger partial charge on any atom is 0.150 e. The molecular formula is C7H11ClN4O2S. The van der Waals surface area contributed by atoms with Gasteiger partial charge in [0.05, 0.1) is 5.75 Å². The van der Waals surface area contributed by atoms with Crippen LogP contribution in [0.5, 0.6) is 0 Å². The Bertz CT molecular complexity index is 448. The summed E-state index contributed by atoms with van der Waals surface area (Å²) in [5, 5.41) is 2.97. The number of aromatic nitrogens is 2. The first-order valence-corrected chi connectivity index (χ1v) is 6.51. The molecule has 0 saturated carbocycles. The molecule has 0 unspecified atom stereocenters. The van der Waals surface area contributed by atoms with Crippen LogP contribution in [0.25, 0.3) is 0 Å². The molecule has 1 aromatic heterocycles. The molecule has 1 aromatic rings. The lowest BCUT2D eigenvalue weighted by Crippen LogP contribution is -2.15. The molecule has 15 heavy (non-hydrogen) atoms. The van der Waals surface area contributed by atoms with Crippen molar-refractivity contribution in [2.45, 2.75) is 0 Å². The first-order chi connectivity index (χ1) is 6.90. The number of hydrogen-bond donors (Lipinski definition) is 2. The van der Waals surface area contributed by atoms with Crippen molar-refractivity contribution in [3.63, 3.8) is 0 Å². The molecule has 0 atom stereocenters. The molecule has 0 amide bonds. The van der Waals surface area contributed by atoms with E-state index in [2.05, 4.69) is 15.3 Å². The van der Waals surface area contributed by atoms with Crippen molar-refractivity contribution in [3.05, 3.63) is 11.3 Å². The number of halogens is 1. The van der Waals surface area contributed by atoms with E-state index in [-0.39, 0.29) is 23.1 Å². The number of nitrogen functional groups attached to an aromatic ring is 1. The molecule has 0 spiro atoms. The van der Waals surface area contributed by atoms with Gasteiger partial charge in [0, 0.05) is 12.8 Å². The van der Waals surface area contributed by atoms with E-state index in [0.29, 0.717) is 5.82 Å². The van der Waals surface area contributed by atoms with Gasteiger partial charge in [0.25, 0.3) is 0 Å². The van der Waals surface area contributed by atoms with Crippen molar-refractivity contribution in [1.82, 2.24) is 9.97 Å². The van der Waals surface area contributed by atoms with Crippen LogP contribution in [-0.4, -0.2) is 36.9 Å². The highest BCUT2D eigenvalue weighted by Crippen LogP contribution is 2.22. The van der Waals surface area contributed by atoms with Gasteiger partial charge in [0.15, 0.2) is 0 Å². The Hall–Kier alpha value is -1.08. The zero-order valence-electron chi connectivity index (χ0n) is 8.07. The molecule has 0 bridgehead atoms. The molecule has 84 valence electrons. The molecule has 0 aliphatic carbocycles. The molecular weight excluding hydrogens is 240 g/mol. The van der Waals surface area contributed by atoms with Crippen LogP contribution in [0.3, 0.4) is 0 Å². The fourth-order valence-electron chi connectivity index (χ4n) is 0.862. The summed E-state index contributed by atoms with van der Waals surface area (Å²) in [4.78, 5) is 7.50. The highest BCUT2D eigenvalue weighted by atomic mass is 35.5. The second-order valence-electron chi connectivity index (χ2n) is 2.98. The van der Waals surface area contributed by atoms with Gasteiger partial charge in [-0.15, -0.1) is 0 Å². The average molecular weight is 251 g/mol. The van der Waals surface area contributed by atoms with Gasteiger partial charge in [-0.1, -0.05) is 11.6 Å². The SMILES string of the molecule is CS(=O)(=O)CCNc1ncnc(N)c1Cl. The third-order valence-electron chi connectivity index (χ3n) is 1.58. The van der Waals surface area contributed by atoms with Crippen LogP contribution in [0, 0.1) is 0 Å². The van der Waals surface area contributed by atoms with Gasteiger partial charge < -0.3 is 11.1 Å². The lowest BCUT2D eigenvalue weighted by molar-refractivity contribution is 0.602. The molecule has 0 aliphatic rings. The van der Waals surface area contributed by atoms with Gasteiger partial charge >= 0.3 is 0 Å². The molecule has 6 nitrogen and oxygen atoms in total. The lowest BCUT2D eigenvalue weighted by Gasteiger charge is -2.06. The molecule has 1 rings (SSSR count). The summed E-state index contributed by atoms with van der Waals surface area (Å²) >= 11 is 5.78. The largest absolute Gasteiger partial charge is 0.382 e. The summed E-state index contributed by atoms with van der Waals surface area (Å²) in [6.07, 6.45) is 2.41. The Labute approximate surface area is 92.8 Å². The summed E-state index contributed by atoms with van der Waals surface area (Å²) in [5.74, 6) is 0.508. The number of nitrogens with one attached hydrogen (secondary N) is 1. The quantitative estimate of drug-likeness (QED) is 0.791. The zero-order valence-corrected chi connectivity index (χ0v) is 9.64. The predicted molar refractivity (Wildman–Crippen MR) is 59.7 cm³/mol. The van der Waals surface area contributed by atoms with Crippen LogP contribution in [-0.2, 0) is 9.84 Å². The summed E-state index contributed by atoms with van der Waals surface area (Å²) in [7, 11) is -3.00. The van der Waals surface area contributed by atoms with Gasteiger partial charge in [-0.3, -0.25) is 0 Å². The van der Waals surface area contributed by atoms with Crippen molar-refractivity contribution in [2.24, 2.45) is 0 Å². The smallest absolute Gasteiger partial charge is 0.150 e. The Morgan fingerprint density at radius 1 is 1.53 bits per heavy atom. The summed E-state index contributed by atoms with van der Waals surface area (Å²) in [6.45, 7) is 0.231. The molecule has 0 aromatic carbocycles. The van der Waals surface area contributed by atoms with Gasteiger partial charge in [0.2, 0.25) is 0 Å². The first kappa shape index (κ1) is 12.0. The number of nitrogens with zero attached hydrogens (tertiary/aromatic N) is 2. The van der Waals surface area contributed by atoms with Crippen molar-refractivity contribution in [2.75, 3.05) is 29.6 Å². The molecule has 0 aliphatic heterocycles. The van der Waals surface area contributed by atoms with Crippen LogP contribution in [0.4, 0.5) is 11.6 Å². The molecule has 8 heteroatoms. The molecule has 1 heterocycles. The van der Waals surface area contributed by atoms with Crippen LogP contribution >= 0.6 is 11.6 Å². The predicted octanol–water partition coefficient (Wildman–Crippen LogP) is 0.169. The summed E-state index contributed by atoms with van der Waals surface area (Å²) < 4.78 is 21.7. The minimum Gasteiger partial charge on any atom is -0.382 e. The molecule has 3 N–H and O–H groups in total. The van der Waals surface area contributed by atoms with Gasteiger partial charge in [0.1, 0.15) is 32.8 Å². The van der Waals surface area contributed by atoms with E-state index in [0.717, 1.165) is 6.26 Å². The molecule has 0 fully saturated rings. The minimum atomic E-state index is -3.00. The zero-order chi connectivity index (χ0) is 11.5. The number of hydrogen-bond acceptors (Lipinski definition) is 6. The Balaban J connectivity index is 2.62. The van der Waals surface area contributed by atoms with Crippen molar-refractivity contribution in [3.8, 4) is 0 Å². The number of rotatable bonds is 4. The Morgan fingerprint density at radius 3 is 2.80 bits per heavy atom. The second kappa shape index (κ2) is 4.63. The fraction of sp³-hybridized carbons (Fsp3) is 0.429. The van der Waals surface area contributed by atoms with Crippen LogP contribution in [0.2, 0.25) is 5.02 Å². The van der Waals surface area contributed by atoms with E-state index in [1.807, 2.05) is 0 Å². The van der Waals surface area contributed by atoms with E-state index < -0.39 is 9.84 Å². The highest BCUT2D eigenvalue weighted by molar-refractivity contribution is 7.90. The minimum absolute atomic E-state index is 0.00718. The molecule has 0 radical (unpaired) electrons. The van der Waals surface area contributed by atoms with E-state index in [9.17, 15) is 8.42 Å². The molecule has 0 saturated heterocycles.